The van der Waals surface area contributed by atoms with E-state index >= 15 is 0 Å². The molecule has 1 amide bonds. The summed E-state index contributed by atoms with van der Waals surface area (Å²) in [6.45, 7) is 8.07. The lowest BCUT2D eigenvalue weighted by molar-refractivity contribution is -0.117. The number of amides is 1. The topological polar surface area (TPSA) is 50.2 Å². The summed E-state index contributed by atoms with van der Waals surface area (Å²) in [7, 11) is 1.83. The summed E-state index contributed by atoms with van der Waals surface area (Å²) >= 11 is 0. The Labute approximate surface area is 137 Å². The van der Waals surface area contributed by atoms with Crippen LogP contribution < -0.4 is 10.2 Å². The molecule has 0 spiro atoms. The Kier molecular flexibility index (Phi) is 4.11. The molecule has 1 aromatic carbocycles. The number of carbonyl (C=O) groups is 1. The van der Waals surface area contributed by atoms with Gasteiger partial charge in [0, 0.05) is 42.8 Å². The second kappa shape index (κ2) is 6.07. The zero-order valence-electron chi connectivity index (χ0n) is 14.3. The summed E-state index contributed by atoms with van der Waals surface area (Å²) in [4.78, 5) is 13.5. The number of aryl methyl sites for hydroxylation is 2. The minimum atomic E-state index is 0.157. The van der Waals surface area contributed by atoms with Gasteiger partial charge in [-0.25, -0.2) is 0 Å². The predicted molar refractivity (Wildman–Crippen MR) is 92.9 cm³/mol. The standard InChI is InChI=1S/C18H24N4O/c1-5-8-22-13(3)16(12(2)20-22)11-19-15-6-7-17-14(9-15)10-18(23)21(17)4/h6-7,9,19H,5,8,10-11H2,1-4H3. The van der Waals surface area contributed by atoms with Crippen molar-refractivity contribution in [1.82, 2.24) is 9.78 Å². The quantitative estimate of drug-likeness (QED) is 0.923. The number of anilines is 2. The van der Waals surface area contributed by atoms with Gasteiger partial charge in [-0.1, -0.05) is 6.92 Å². The van der Waals surface area contributed by atoms with E-state index in [1.54, 1.807) is 4.90 Å². The number of likely N-dealkylation sites (N-methyl/N-ethyl adjacent to an activating group) is 1. The Balaban J connectivity index is 1.75. The fourth-order valence-corrected chi connectivity index (χ4v) is 3.19. The SMILES string of the molecule is CCCn1nc(C)c(CNc2ccc3c(c2)CC(=O)N3C)c1C. The fraction of sp³-hybridized carbons (Fsp3) is 0.444. The zero-order chi connectivity index (χ0) is 16.6. The molecule has 0 radical (unpaired) electrons. The summed E-state index contributed by atoms with van der Waals surface area (Å²) in [6, 6.07) is 6.13. The largest absolute Gasteiger partial charge is 0.381 e. The van der Waals surface area contributed by atoms with E-state index in [0.717, 1.165) is 42.1 Å². The molecule has 0 aliphatic carbocycles. The van der Waals surface area contributed by atoms with Crippen LogP contribution in [0.25, 0.3) is 0 Å². The molecule has 1 aliphatic heterocycles. The van der Waals surface area contributed by atoms with E-state index in [1.165, 1.54) is 11.3 Å². The number of benzene rings is 1. The summed E-state index contributed by atoms with van der Waals surface area (Å²) in [5.74, 6) is 0.157. The van der Waals surface area contributed by atoms with Crippen molar-refractivity contribution in [3.8, 4) is 0 Å². The van der Waals surface area contributed by atoms with Crippen LogP contribution in [-0.4, -0.2) is 22.7 Å². The molecule has 1 aliphatic rings. The Morgan fingerprint density at radius 1 is 1.30 bits per heavy atom. The van der Waals surface area contributed by atoms with Gasteiger partial charge in [0.05, 0.1) is 12.1 Å². The summed E-state index contributed by atoms with van der Waals surface area (Å²) in [5, 5.41) is 8.09. The lowest BCUT2D eigenvalue weighted by atomic mass is 10.1. The summed E-state index contributed by atoms with van der Waals surface area (Å²) < 4.78 is 2.09. The van der Waals surface area contributed by atoms with E-state index in [-0.39, 0.29) is 5.91 Å². The third-order valence-electron chi connectivity index (χ3n) is 4.59. The second-order valence-electron chi connectivity index (χ2n) is 6.20. The van der Waals surface area contributed by atoms with Crippen LogP contribution in [0.4, 0.5) is 11.4 Å². The molecule has 0 atom stereocenters. The lowest BCUT2D eigenvalue weighted by Gasteiger charge is -2.12. The first kappa shape index (κ1) is 15.6. The van der Waals surface area contributed by atoms with Crippen molar-refractivity contribution in [2.45, 2.75) is 46.7 Å². The van der Waals surface area contributed by atoms with Crippen molar-refractivity contribution in [1.29, 1.82) is 0 Å². The average molecular weight is 312 g/mol. The van der Waals surface area contributed by atoms with E-state index in [1.807, 2.05) is 19.2 Å². The van der Waals surface area contributed by atoms with Gasteiger partial charge in [-0.05, 0) is 44.0 Å². The van der Waals surface area contributed by atoms with Gasteiger partial charge in [0.15, 0.2) is 0 Å². The van der Waals surface area contributed by atoms with Crippen molar-refractivity contribution in [2.24, 2.45) is 0 Å². The summed E-state index contributed by atoms with van der Waals surface area (Å²) in [5.41, 5.74) is 6.73. The smallest absolute Gasteiger partial charge is 0.231 e. The molecule has 0 saturated carbocycles. The molecule has 0 saturated heterocycles. The molecule has 1 aromatic heterocycles. The second-order valence-corrected chi connectivity index (χ2v) is 6.20. The number of nitrogens with one attached hydrogen (secondary N) is 1. The number of rotatable bonds is 5. The van der Waals surface area contributed by atoms with Gasteiger partial charge < -0.3 is 10.2 Å². The lowest BCUT2D eigenvalue weighted by Crippen LogP contribution is -2.20. The molecule has 122 valence electrons. The Morgan fingerprint density at radius 2 is 2.09 bits per heavy atom. The average Bonchev–Trinajstić information content (AvgIpc) is 2.95. The highest BCUT2D eigenvalue weighted by Crippen LogP contribution is 2.30. The molecule has 2 aromatic rings. The van der Waals surface area contributed by atoms with Crippen LogP contribution >= 0.6 is 0 Å². The highest BCUT2D eigenvalue weighted by atomic mass is 16.2. The van der Waals surface area contributed by atoms with E-state index in [0.29, 0.717) is 6.42 Å². The molecule has 2 heterocycles. The molecule has 0 unspecified atom stereocenters. The molecule has 1 N–H and O–H groups in total. The van der Waals surface area contributed by atoms with Crippen molar-refractivity contribution < 1.29 is 4.79 Å². The maximum atomic E-state index is 11.8. The molecule has 0 fully saturated rings. The predicted octanol–water partition coefficient (Wildman–Crippen LogP) is 3.04. The van der Waals surface area contributed by atoms with Gasteiger partial charge in [0.1, 0.15) is 0 Å². The summed E-state index contributed by atoms with van der Waals surface area (Å²) in [6.07, 6.45) is 1.58. The van der Waals surface area contributed by atoms with Gasteiger partial charge in [-0.3, -0.25) is 9.48 Å². The van der Waals surface area contributed by atoms with Crippen LogP contribution in [0.2, 0.25) is 0 Å². The van der Waals surface area contributed by atoms with Gasteiger partial charge in [0.2, 0.25) is 5.91 Å². The van der Waals surface area contributed by atoms with Crippen LogP contribution in [0.1, 0.15) is 35.9 Å². The van der Waals surface area contributed by atoms with Crippen molar-refractivity contribution >= 4 is 17.3 Å². The minimum absolute atomic E-state index is 0.157. The third-order valence-corrected chi connectivity index (χ3v) is 4.59. The number of hydrogen-bond acceptors (Lipinski definition) is 3. The fourth-order valence-electron chi connectivity index (χ4n) is 3.19. The first-order valence-corrected chi connectivity index (χ1v) is 8.17. The number of hydrogen-bond donors (Lipinski definition) is 1. The van der Waals surface area contributed by atoms with E-state index in [9.17, 15) is 4.79 Å². The maximum absolute atomic E-state index is 11.8. The highest BCUT2D eigenvalue weighted by Gasteiger charge is 2.23. The Hall–Kier alpha value is -2.30. The molecule has 5 nitrogen and oxygen atoms in total. The maximum Gasteiger partial charge on any atom is 0.231 e. The number of aromatic nitrogens is 2. The van der Waals surface area contributed by atoms with Crippen LogP contribution in [0.15, 0.2) is 18.2 Å². The Bertz CT molecular complexity index is 748. The normalized spacial score (nSPS) is 13.6. The van der Waals surface area contributed by atoms with Crippen LogP contribution in [-0.2, 0) is 24.3 Å². The number of carbonyl (C=O) groups excluding carboxylic acids is 1. The van der Waals surface area contributed by atoms with Crippen molar-refractivity contribution in [3.63, 3.8) is 0 Å². The molecule has 5 heteroatoms. The van der Waals surface area contributed by atoms with E-state index in [2.05, 4.69) is 41.9 Å². The molecule has 0 bridgehead atoms. The van der Waals surface area contributed by atoms with Crippen molar-refractivity contribution in [2.75, 3.05) is 17.3 Å². The highest BCUT2D eigenvalue weighted by molar-refractivity contribution is 6.01. The van der Waals surface area contributed by atoms with Gasteiger partial charge in [-0.2, -0.15) is 5.10 Å². The Morgan fingerprint density at radius 3 is 2.83 bits per heavy atom. The molecule has 3 rings (SSSR count). The van der Waals surface area contributed by atoms with Gasteiger partial charge in [-0.15, -0.1) is 0 Å². The zero-order valence-corrected chi connectivity index (χ0v) is 14.3. The van der Waals surface area contributed by atoms with Crippen LogP contribution in [0, 0.1) is 13.8 Å². The monoisotopic (exact) mass is 312 g/mol. The molecular weight excluding hydrogens is 288 g/mol. The van der Waals surface area contributed by atoms with E-state index in [4.69, 9.17) is 0 Å². The van der Waals surface area contributed by atoms with Crippen LogP contribution in [0.5, 0.6) is 0 Å². The third kappa shape index (κ3) is 2.83. The first-order chi connectivity index (χ1) is 11.0. The van der Waals surface area contributed by atoms with Crippen molar-refractivity contribution in [3.05, 3.63) is 40.7 Å². The minimum Gasteiger partial charge on any atom is -0.381 e. The number of fused-ring (bicyclic) bond motifs is 1. The van der Waals surface area contributed by atoms with Gasteiger partial charge in [0.25, 0.3) is 0 Å². The first-order valence-electron chi connectivity index (χ1n) is 8.17. The van der Waals surface area contributed by atoms with Crippen LogP contribution in [0.3, 0.4) is 0 Å². The van der Waals surface area contributed by atoms with Gasteiger partial charge >= 0.3 is 0 Å². The molecule has 23 heavy (non-hydrogen) atoms. The number of nitrogens with zero attached hydrogens (tertiary/aromatic N) is 3. The molecular formula is C18H24N4O. The van der Waals surface area contributed by atoms with E-state index < -0.39 is 0 Å².